The molecule has 0 spiro atoms. The minimum atomic E-state index is -3.50. The summed E-state index contributed by atoms with van der Waals surface area (Å²) >= 11 is 0. The molecule has 0 bridgehead atoms. The van der Waals surface area contributed by atoms with Crippen molar-refractivity contribution in [3.8, 4) is 0 Å². The summed E-state index contributed by atoms with van der Waals surface area (Å²) in [5, 5.41) is 8.27. The lowest BCUT2D eigenvalue weighted by atomic mass is 10.1. The Hall–Kier alpha value is -3.04. The van der Waals surface area contributed by atoms with Gasteiger partial charge in [0.05, 0.1) is 10.6 Å². The first kappa shape index (κ1) is 21.2. The van der Waals surface area contributed by atoms with Crippen molar-refractivity contribution in [2.24, 2.45) is 5.10 Å². The average Bonchev–Trinajstić information content (AvgIpc) is 3.30. The summed E-state index contributed by atoms with van der Waals surface area (Å²) in [6.07, 6.45) is 2.18. The van der Waals surface area contributed by atoms with Crippen molar-refractivity contribution in [3.63, 3.8) is 0 Å². The van der Waals surface area contributed by atoms with E-state index in [-0.39, 0.29) is 29.4 Å². The summed E-state index contributed by atoms with van der Waals surface area (Å²) in [5.41, 5.74) is 2.31. The number of hydrogen-bond acceptors (Lipinski definition) is 5. The van der Waals surface area contributed by atoms with Gasteiger partial charge in [-0.1, -0.05) is 12.1 Å². The molecule has 2 aromatic rings. The molecule has 8 nitrogen and oxygen atoms in total. The van der Waals surface area contributed by atoms with E-state index in [0.717, 1.165) is 18.4 Å². The van der Waals surface area contributed by atoms with E-state index in [1.54, 1.807) is 18.2 Å². The van der Waals surface area contributed by atoms with Crippen LogP contribution in [0, 0.1) is 6.92 Å². The molecule has 0 aliphatic carbocycles. The molecule has 4 rings (SSSR count). The number of benzene rings is 2. The van der Waals surface area contributed by atoms with E-state index >= 15 is 0 Å². The zero-order valence-corrected chi connectivity index (χ0v) is 18.1. The first-order chi connectivity index (χ1) is 14.8. The summed E-state index contributed by atoms with van der Waals surface area (Å²) in [7, 11) is -3.50. The fourth-order valence-corrected chi connectivity index (χ4v) is 5.19. The predicted octanol–water partition coefficient (Wildman–Crippen LogP) is 2.90. The summed E-state index contributed by atoms with van der Waals surface area (Å²) in [6.45, 7) is 3.00. The molecule has 1 fully saturated rings. The third-order valence-corrected chi connectivity index (χ3v) is 7.27. The minimum absolute atomic E-state index is 0.168. The Morgan fingerprint density at radius 2 is 1.74 bits per heavy atom. The van der Waals surface area contributed by atoms with Crippen LogP contribution in [-0.4, -0.2) is 43.3 Å². The molecule has 9 heteroatoms. The lowest BCUT2D eigenvalue weighted by Gasteiger charge is -2.23. The Kier molecular flexibility index (Phi) is 5.88. The highest BCUT2D eigenvalue weighted by Gasteiger charge is 2.28. The maximum atomic E-state index is 12.7. The van der Waals surface area contributed by atoms with Crippen molar-refractivity contribution < 1.29 is 18.0 Å². The van der Waals surface area contributed by atoms with Gasteiger partial charge in [0.2, 0.25) is 15.9 Å². The van der Waals surface area contributed by atoms with Gasteiger partial charge in [0.15, 0.2) is 0 Å². The number of sulfonamides is 1. The number of hydrogen-bond donors (Lipinski definition) is 1. The van der Waals surface area contributed by atoms with E-state index in [2.05, 4.69) is 10.4 Å². The molecule has 31 heavy (non-hydrogen) atoms. The Balaban J connectivity index is 1.48. The number of aryl methyl sites for hydroxylation is 1. The number of nitrogens with zero attached hydrogens (tertiary/aromatic N) is 3. The topological polar surface area (TPSA) is 99.2 Å². The fourth-order valence-electron chi connectivity index (χ4n) is 3.67. The predicted molar refractivity (Wildman–Crippen MR) is 118 cm³/mol. The normalized spacial score (nSPS) is 17.5. The number of rotatable bonds is 5. The number of carbonyl (C=O) groups excluding carboxylic acids is 2. The van der Waals surface area contributed by atoms with Gasteiger partial charge in [-0.05, 0) is 61.7 Å². The van der Waals surface area contributed by atoms with Crippen LogP contribution in [0.15, 0.2) is 58.5 Å². The van der Waals surface area contributed by atoms with Gasteiger partial charge in [0, 0.05) is 31.6 Å². The van der Waals surface area contributed by atoms with Crippen LogP contribution >= 0.6 is 0 Å². The fraction of sp³-hybridized carbons (Fsp3) is 0.318. The zero-order valence-electron chi connectivity index (χ0n) is 17.2. The smallest absolute Gasteiger partial charge is 0.271 e. The van der Waals surface area contributed by atoms with Gasteiger partial charge in [-0.15, -0.1) is 0 Å². The van der Waals surface area contributed by atoms with Gasteiger partial charge in [-0.25, -0.2) is 13.4 Å². The molecule has 2 aromatic carbocycles. The van der Waals surface area contributed by atoms with Crippen LogP contribution in [0.5, 0.6) is 0 Å². The summed E-state index contributed by atoms with van der Waals surface area (Å²) in [5.74, 6) is -0.584. The number of nitrogens with one attached hydrogen (secondary N) is 1. The minimum Gasteiger partial charge on any atom is -0.321 e. The second-order valence-electron chi connectivity index (χ2n) is 7.68. The third kappa shape index (κ3) is 4.52. The van der Waals surface area contributed by atoms with Crippen LogP contribution in [0.1, 0.15) is 31.2 Å². The van der Waals surface area contributed by atoms with Crippen LogP contribution in [-0.2, 0) is 19.6 Å². The highest BCUT2D eigenvalue weighted by Crippen LogP contribution is 2.24. The van der Waals surface area contributed by atoms with Gasteiger partial charge < -0.3 is 5.32 Å². The standard InChI is InChI=1S/C22H24N4O4S/c1-16-5-4-6-18(15-16)26-21(27)12-11-20(24-26)22(28)23-17-7-9-19(10-8-17)31(29,30)25-13-2-3-14-25/h4-10,15H,2-3,11-14H2,1H3,(H,23,28). The van der Waals surface area contributed by atoms with Crippen molar-refractivity contribution in [1.29, 1.82) is 0 Å². The highest BCUT2D eigenvalue weighted by atomic mass is 32.2. The molecule has 2 heterocycles. The van der Waals surface area contributed by atoms with Crippen molar-refractivity contribution in [2.45, 2.75) is 37.5 Å². The van der Waals surface area contributed by atoms with E-state index in [4.69, 9.17) is 0 Å². The van der Waals surface area contributed by atoms with E-state index in [1.807, 2.05) is 25.1 Å². The van der Waals surface area contributed by atoms with Gasteiger partial charge in [0.1, 0.15) is 5.71 Å². The third-order valence-electron chi connectivity index (χ3n) is 5.36. The van der Waals surface area contributed by atoms with Crippen LogP contribution in [0.3, 0.4) is 0 Å². The molecule has 0 saturated carbocycles. The van der Waals surface area contributed by atoms with Crippen molar-refractivity contribution in [3.05, 3.63) is 54.1 Å². The van der Waals surface area contributed by atoms with Gasteiger partial charge in [0.25, 0.3) is 5.91 Å². The first-order valence-corrected chi connectivity index (χ1v) is 11.7. The van der Waals surface area contributed by atoms with E-state index < -0.39 is 15.9 Å². The molecule has 0 aromatic heterocycles. The van der Waals surface area contributed by atoms with E-state index in [0.29, 0.717) is 24.5 Å². The Bertz CT molecular complexity index is 1140. The number of carbonyl (C=O) groups is 2. The maximum Gasteiger partial charge on any atom is 0.271 e. The highest BCUT2D eigenvalue weighted by molar-refractivity contribution is 7.89. The number of amides is 2. The lowest BCUT2D eigenvalue weighted by Crippen LogP contribution is -2.36. The summed E-state index contributed by atoms with van der Waals surface area (Å²) in [4.78, 5) is 25.2. The van der Waals surface area contributed by atoms with Gasteiger partial charge in [-0.3, -0.25) is 9.59 Å². The first-order valence-electron chi connectivity index (χ1n) is 10.2. The van der Waals surface area contributed by atoms with Crippen molar-refractivity contribution in [1.82, 2.24) is 4.31 Å². The quantitative estimate of drug-likeness (QED) is 0.773. The van der Waals surface area contributed by atoms with Crippen LogP contribution in [0.25, 0.3) is 0 Å². The largest absolute Gasteiger partial charge is 0.321 e. The Labute approximate surface area is 181 Å². The average molecular weight is 441 g/mol. The molecule has 162 valence electrons. The Morgan fingerprint density at radius 1 is 1.03 bits per heavy atom. The van der Waals surface area contributed by atoms with Crippen LogP contribution < -0.4 is 10.3 Å². The van der Waals surface area contributed by atoms with E-state index in [9.17, 15) is 18.0 Å². The molecular weight excluding hydrogens is 416 g/mol. The Morgan fingerprint density at radius 3 is 2.42 bits per heavy atom. The zero-order chi connectivity index (χ0) is 22.0. The molecule has 0 atom stereocenters. The van der Waals surface area contributed by atoms with Gasteiger partial charge >= 0.3 is 0 Å². The summed E-state index contributed by atoms with van der Waals surface area (Å²) in [6, 6.07) is 13.5. The monoisotopic (exact) mass is 440 g/mol. The van der Waals surface area contributed by atoms with Crippen LogP contribution in [0.4, 0.5) is 11.4 Å². The molecule has 1 N–H and O–H groups in total. The summed E-state index contributed by atoms with van der Waals surface area (Å²) < 4.78 is 26.7. The molecule has 0 radical (unpaired) electrons. The molecular formula is C22H24N4O4S. The molecule has 1 saturated heterocycles. The molecule has 0 unspecified atom stereocenters. The van der Waals surface area contributed by atoms with Crippen LogP contribution in [0.2, 0.25) is 0 Å². The van der Waals surface area contributed by atoms with Crippen molar-refractivity contribution in [2.75, 3.05) is 23.4 Å². The SMILES string of the molecule is Cc1cccc(N2N=C(C(=O)Nc3ccc(S(=O)(=O)N4CCCC4)cc3)CCC2=O)c1. The molecule has 2 aliphatic rings. The lowest BCUT2D eigenvalue weighted by molar-refractivity contribution is -0.118. The number of hydrazone groups is 1. The maximum absolute atomic E-state index is 12.7. The second-order valence-corrected chi connectivity index (χ2v) is 9.62. The number of anilines is 2. The second kappa shape index (κ2) is 8.60. The molecule has 2 amide bonds. The van der Waals surface area contributed by atoms with Crippen molar-refractivity contribution >= 4 is 38.9 Å². The van der Waals surface area contributed by atoms with Gasteiger partial charge in [-0.2, -0.15) is 9.41 Å². The molecule has 2 aliphatic heterocycles. The van der Waals surface area contributed by atoms with E-state index in [1.165, 1.54) is 21.4 Å².